The van der Waals surface area contributed by atoms with Crippen LogP contribution in [0.2, 0.25) is 0 Å². The Balaban J connectivity index is 2.08. The van der Waals surface area contributed by atoms with Gasteiger partial charge in [0.25, 0.3) is 0 Å². The molecule has 0 atom stereocenters. The summed E-state index contributed by atoms with van der Waals surface area (Å²) in [6, 6.07) is 13.9. The molecule has 0 aromatic heterocycles. The highest BCUT2D eigenvalue weighted by Gasteiger charge is 2.36. The molecule has 1 aliphatic rings. The van der Waals surface area contributed by atoms with Gasteiger partial charge in [0.2, 0.25) is 0 Å². The van der Waals surface area contributed by atoms with Crippen LogP contribution in [0.15, 0.2) is 42.5 Å². The summed E-state index contributed by atoms with van der Waals surface area (Å²) in [7, 11) is 0. The maximum Gasteiger partial charge on any atom is 0.336 e. The molecule has 1 aliphatic carbocycles. The van der Waals surface area contributed by atoms with E-state index in [1.54, 1.807) is 12.1 Å². The Kier molecular flexibility index (Phi) is 4.56. The van der Waals surface area contributed by atoms with Crippen LogP contribution < -0.4 is 0 Å². The second-order valence-electron chi connectivity index (χ2n) is 8.75. The second kappa shape index (κ2) is 6.42. The number of rotatable bonds is 3. The van der Waals surface area contributed by atoms with Crippen LogP contribution in [0.3, 0.4) is 0 Å². The van der Waals surface area contributed by atoms with Crippen molar-refractivity contribution in [3.05, 3.63) is 70.3 Å². The number of benzene rings is 2. The van der Waals surface area contributed by atoms with E-state index >= 15 is 0 Å². The Morgan fingerprint density at radius 1 is 0.962 bits per heavy atom. The van der Waals surface area contributed by atoms with Gasteiger partial charge in [-0.15, -0.1) is 0 Å². The molecular formula is C24H28O2. The number of hydrogen-bond acceptors (Lipinski definition) is 1. The Hall–Kier alpha value is -2.35. The van der Waals surface area contributed by atoms with Crippen molar-refractivity contribution >= 4 is 17.6 Å². The van der Waals surface area contributed by atoms with Crippen LogP contribution in [0.5, 0.6) is 0 Å². The zero-order chi connectivity index (χ0) is 19.1. The van der Waals surface area contributed by atoms with Gasteiger partial charge in [-0.1, -0.05) is 70.2 Å². The van der Waals surface area contributed by atoms with E-state index in [1.807, 2.05) is 18.2 Å². The topological polar surface area (TPSA) is 37.3 Å². The van der Waals surface area contributed by atoms with E-state index in [9.17, 15) is 9.90 Å². The third kappa shape index (κ3) is 3.33. The van der Waals surface area contributed by atoms with Gasteiger partial charge in [0.15, 0.2) is 0 Å². The first-order chi connectivity index (χ1) is 12.1. The van der Waals surface area contributed by atoms with Crippen LogP contribution in [0.4, 0.5) is 0 Å². The summed E-state index contributed by atoms with van der Waals surface area (Å²) >= 11 is 0. The molecule has 0 heterocycles. The summed E-state index contributed by atoms with van der Waals surface area (Å²) in [6.07, 6.45) is 4.36. The molecule has 0 unspecified atom stereocenters. The first kappa shape index (κ1) is 18.4. The molecule has 0 spiro atoms. The molecule has 0 saturated carbocycles. The fourth-order valence-electron chi connectivity index (χ4n) is 3.97. The molecule has 26 heavy (non-hydrogen) atoms. The fraction of sp³-hybridized carbons (Fsp3) is 0.375. The van der Waals surface area contributed by atoms with Crippen molar-refractivity contribution in [2.75, 3.05) is 0 Å². The van der Waals surface area contributed by atoms with Gasteiger partial charge >= 0.3 is 5.97 Å². The number of carboxylic acid groups (broad SMARTS) is 1. The normalized spacial score (nSPS) is 18.3. The predicted octanol–water partition coefficient (Wildman–Crippen LogP) is 6.29. The number of hydrogen-bond donors (Lipinski definition) is 1. The number of allylic oxidation sites excluding steroid dienone is 1. The van der Waals surface area contributed by atoms with E-state index in [2.05, 4.69) is 52.8 Å². The van der Waals surface area contributed by atoms with Gasteiger partial charge in [-0.25, -0.2) is 4.79 Å². The van der Waals surface area contributed by atoms with Gasteiger partial charge in [0.1, 0.15) is 0 Å². The number of carbonyl (C=O) groups is 1. The van der Waals surface area contributed by atoms with E-state index < -0.39 is 5.97 Å². The molecule has 0 amide bonds. The van der Waals surface area contributed by atoms with Gasteiger partial charge in [-0.2, -0.15) is 0 Å². The lowest BCUT2D eigenvalue weighted by molar-refractivity contribution is 0.0696. The minimum atomic E-state index is -0.891. The van der Waals surface area contributed by atoms with Gasteiger partial charge in [0, 0.05) is 0 Å². The molecule has 3 rings (SSSR count). The molecule has 0 saturated heterocycles. The number of carboxylic acids is 1. The molecule has 1 N–H and O–H groups in total. The SMILES string of the molecule is C/C(=C/c1ccccc1C(=O)O)c1ccc2c(c1)C(C)(C)CCC2(C)C. The maximum atomic E-state index is 11.5. The lowest BCUT2D eigenvalue weighted by Gasteiger charge is -2.42. The van der Waals surface area contributed by atoms with Crippen LogP contribution in [-0.2, 0) is 10.8 Å². The highest BCUT2D eigenvalue weighted by molar-refractivity contribution is 5.95. The molecule has 0 aliphatic heterocycles. The molecule has 2 aromatic rings. The summed E-state index contributed by atoms with van der Waals surface area (Å²) in [5.74, 6) is -0.891. The molecular weight excluding hydrogens is 320 g/mol. The zero-order valence-electron chi connectivity index (χ0n) is 16.4. The highest BCUT2D eigenvalue weighted by Crippen LogP contribution is 2.46. The quantitative estimate of drug-likeness (QED) is 0.661. The molecule has 0 fully saturated rings. The largest absolute Gasteiger partial charge is 0.478 e. The van der Waals surface area contributed by atoms with Gasteiger partial charge in [-0.05, 0) is 64.5 Å². The zero-order valence-corrected chi connectivity index (χ0v) is 16.4. The Morgan fingerprint density at radius 3 is 2.23 bits per heavy atom. The van der Waals surface area contributed by atoms with Crippen molar-refractivity contribution in [3.8, 4) is 0 Å². The van der Waals surface area contributed by atoms with E-state index in [4.69, 9.17) is 0 Å². The van der Waals surface area contributed by atoms with Crippen LogP contribution >= 0.6 is 0 Å². The Labute approximate surface area is 156 Å². The van der Waals surface area contributed by atoms with Gasteiger partial charge in [0.05, 0.1) is 5.56 Å². The van der Waals surface area contributed by atoms with Crippen LogP contribution in [0, 0.1) is 0 Å². The summed E-state index contributed by atoms with van der Waals surface area (Å²) in [5, 5.41) is 9.40. The predicted molar refractivity (Wildman–Crippen MR) is 109 cm³/mol. The third-order valence-corrected chi connectivity index (χ3v) is 5.87. The van der Waals surface area contributed by atoms with Crippen LogP contribution in [0.1, 0.15) is 80.1 Å². The summed E-state index contributed by atoms with van der Waals surface area (Å²) in [6.45, 7) is 11.4. The summed E-state index contributed by atoms with van der Waals surface area (Å²) in [5.41, 5.74) is 6.56. The second-order valence-corrected chi connectivity index (χ2v) is 8.75. The van der Waals surface area contributed by atoms with Crippen molar-refractivity contribution in [2.45, 2.75) is 58.3 Å². The average Bonchev–Trinajstić information content (AvgIpc) is 2.59. The molecule has 136 valence electrons. The number of aromatic carboxylic acids is 1. The first-order valence-corrected chi connectivity index (χ1v) is 9.28. The lowest BCUT2D eigenvalue weighted by Crippen LogP contribution is -2.33. The van der Waals surface area contributed by atoms with Crippen molar-refractivity contribution in [2.24, 2.45) is 0 Å². The molecule has 2 heteroatoms. The van der Waals surface area contributed by atoms with Crippen molar-refractivity contribution in [3.63, 3.8) is 0 Å². The van der Waals surface area contributed by atoms with Crippen molar-refractivity contribution < 1.29 is 9.90 Å². The highest BCUT2D eigenvalue weighted by atomic mass is 16.4. The van der Waals surface area contributed by atoms with E-state index in [1.165, 1.54) is 24.0 Å². The minimum Gasteiger partial charge on any atom is -0.478 e. The molecule has 0 radical (unpaired) electrons. The lowest BCUT2D eigenvalue weighted by atomic mass is 9.63. The third-order valence-electron chi connectivity index (χ3n) is 5.87. The summed E-state index contributed by atoms with van der Waals surface area (Å²) < 4.78 is 0. The van der Waals surface area contributed by atoms with Crippen molar-refractivity contribution in [1.29, 1.82) is 0 Å². The van der Waals surface area contributed by atoms with E-state index in [0.717, 1.165) is 16.7 Å². The van der Waals surface area contributed by atoms with Gasteiger partial charge < -0.3 is 5.11 Å². The summed E-state index contributed by atoms with van der Waals surface area (Å²) in [4.78, 5) is 11.5. The standard InChI is InChI=1S/C24H28O2/c1-16(14-18-8-6-7-9-19(18)22(25)26)17-10-11-20-21(15-17)24(4,5)13-12-23(20,2)3/h6-11,14-15H,12-13H2,1-5H3,(H,25,26)/b16-14-. The minimum absolute atomic E-state index is 0.167. The fourth-order valence-corrected chi connectivity index (χ4v) is 3.97. The van der Waals surface area contributed by atoms with E-state index in [-0.39, 0.29) is 10.8 Å². The Morgan fingerprint density at radius 2 is 1.58 bits per heavy atom. The molecule has 2 aromatic carbocycles. The Bertz CT molecular complexity index is 885. The van der Waals surface area contributed by atoms with Gasteiger partial charge in [-0.3, -0.25) is 0 Å². The first-order valence-electron chi connectivity index (χ1n) is 9.28. The van der Waals surface area contributed by atoms with Crippen molar-refractivity contribution in [1.82, 2.24) is 0 Å². The average molecular weight is 348 g/mol. The van der Waals surface area contributed by atoms with E-state index in [0.29, 0.717) is 5.56 Å². The maximum absolute atomic E-state index is 11.5. The monoisotopic (exact) mass is 348 g/mol. The number of fused-ring (bicyclic) bond motifs is 1. The smallest absolute Gasteiger partial charge is 0.336 e. The molecule has 0 bridgehead atoms. The van der Waals surface area contributed by atoms with Crippen LogP contribution in [0.25, 0.3) is 11.6 Å². The van der Waals surface area contributed by atoms with Crippen LogP contribution in [-0.4, -0.2) is 11.1 Å². The molecule has 2 nitrogen and oxygen atoms in total.